The van der Waals surface area contributed by atoms with Crippen LogP contribution in [-0.4, -0.2) is 6.61 Å². The van der Waals surface area contributed by atoms with Crippen LogP contribution >= 0.6 is 0 Å². The lowest BCUT2D eigenvalue weighted by atomic mass is 9.89. The molecule has 2 heteroatoms. The Balaban J connectivity index is 2.30. The number of benzene rings is 1. The van der Waals surface area contributed by atoms with Crippen molar-refractivity contribution in [2.45, 2.75) is 52.4 Å². The van der Waals surface area contributed by atoms with Crippen LogP contribution in [0.4, 0.5) is 0 Å². The molecule has 0 aliphatic heterocycles. The summed E-state index contributed by atoms with van der Waals surface area (Å²) in [5.74, 6) is 0.988. The highest BCUT2D eigenvalue weighted by Crippen LogP contribution is 2.33. The number of rotatable bonds is 10. The summed E-state index contributed by atoms with van der Waals surface area (Å²) >= 11 is 0. The molecule has 0 saturated carbocycles. The summed E-state index contributed by atoms with van der Waals surface area (Å²) in [5, 5.41) is 9.92. The molecule has 1 aliphatic carbocycles. The molecular weight excluding hydrogens is 330 g/mol. The third-order valence-electron chi connectivity index (χ3n) is 5.02. The molecule has 1 unspecified atom stereocenters. The minimum atomic E-state index is 0.478. The lowest BCUT2D eigenvalue weighted by Crippen LogP contribution is -2.10. The number of allylic oxidation sites excluding steroid dienone is 6. The fraction of sp³-hybridized carbons (Fsp3) is 0.400. The summed E-state index contributed by atoms with van der Waals surface area (Å²) < 4.78 is 6.01. The van der Waals surface area contributed by atoms with Crippen molar-refractivity contribution in [1.29, 1.82) is 5.26 Å². The molecule has 0 spiro atoms. The van der Waals surface area contributed by atoms with E-state index in [2.05, 4.69) is 44.7 Å². The van der Waals surface area contributed by atoms with E-state index in [4.69, 9.17) is 4.74 Å². The van der Waals surface area contributed by atoms with Gasteiger partial charge in [-0.2, -0.15) is 5.26 Å². The molecule has 0 N–H and O–H groups in total. The van der Waals surface area contributed by atoms with Crippen molar-refractivity contribution in [3.63, 3.8) is 0 Å². The molecule has 2 nitrogen and oxygen atoms in total. The van der Waals surface area contributed by atoms with E-state index in [1.165, 1.54) is 12.8 Å². The van der Waals surface area contributed by atoms with Crippen molar-refractivity contribution in [2.24, 2.45) is 5.92 Å². The van der Waals surface area contributed by atoms with E-state index in [9.17, 15) is 5.26 Å². The van der Waals surface area contributed by atoms with Crippen molar-refractivity contribution in [2.75, 3.05) is 6.61 Å². The van der Waals surface area contributed by atoms with Crippen molar-refractivity contribution in [3.8, 4) is 6.07 Å². The van der Waals surface area contributed by atoms with Gasteiger partial charge in [-0.15, -0.1) is 0 Å². The first-order chi connectivity index (χ1) is 13.2. The van der Waals surface area contributed by atoms with Crippen LogP contribution in [-0.2, 0) is 4.74 Å². The molecule has 0 fully saturated rings. The number of nitrogens with zero attached hydrogens (tertiary/aromatic N) is 1. The Hall–Kier alpha value is -2.53. The topological polar surface area (TPSA) is 33.0 Å². The zero-order valence-corrected chi connectivity index (χ0v) is 16.7. The fourth-order valence-corrected chi connectivity index (χ4v) is 3.31. The predicted molar refractivity (Wildman–Crippen MR) is 114 cm³/mol. The second-order valence-corrected chi connectivity index (χ2v) is 7.02. The molecule has 142 valence electrons. The standard InChI is InChI=1S/C25H31NO/c1-4-6-13-21(5-2)19-27-20(3)24(18-26)25(22-14-9-7-10-15-22)23-16-11-8-12-17-23/h7,9-11,14-17,21H,3-6,8,12-13,19H2,1-2H3/b25-24+. The molecule has 1 aromatic carbocycles. The van der Waals surface area contributed by atoms with Gasteiger partial charge in [-0.05, 0) is 36.3 Å². The molecule has 0 bridgehead atoms. The Morgan fingerprint density at radius 1 is 1.22 bits per heavy atom. The summed E-state index contributed by atoms with van der Waals surface area (Å²) in [6, 6.07) is 12.4. The van der Waals surface area contributed by atoms with Crippen LogP contribution in [0.25, 0.3) is 5.57 Å². The summed E-state index contributed by atoms with van der Waals surface area (Å²) in [6.45, 7) is 9.13. The highest BCUT2D eigenvalue weighted by molar-refractivity contribution is 5.88. The fourth-order valence-electron chi connectivity index (χ4n) is 3.31. The van der Waals surface area contributed by atoms with E-state index in [0.717, 1.165) is 42.4 Å². The number of ether oxygens (including phenoxy) is 1. The molecule has 0 saturated heterocycles. The zero-order valence-electron chi connectivity index (χ0n) is 16.7. The van der Waals surface area contributed by atoms with E-state index in [1.54, 1.807) is 0 Å². The van der Waals surface area contributed by atoms with Gasteiger partial charge in [-0.25, -0.2) is 0 Å². The SMILES string of the molecule is C=C(OCC(CC)CCCC)/C(C#N)=C(/C1=CCCC=C1)c1ccccc1. The lowest BCUT2D eigenvalue weighted by molar-refractivity contribution is 0.164. The quantitative estimate of drug-likeness (QED) is 0.256. The first kappa shape index (κ1) is 20.8. The number of hydrogen-bond donors (Lipinski definition) is 0. The molecule has 2 rings (SSSR count). The number of unbranched alkanes of at least 4 members (excludes halogenated alkanes) is 1. The lowest BCUT2D eigenvalue weighted by Gasteiger charge is -2.19. The van der Waals surface area contributed by atoms with Crippen LogP contribution in [0.2, 0.25) is 0 Å². The van der Waals surface area contributed by atoms with Crippen LogP contribution < -0.4 is 0 Å². The Morgan fingerprint density at radius 3 is 2.59 bits per heavy atom. The van der Waals surface area contributed by atoms with Gasteiger partial charge in [0, 0.05) is 5.57 Å². The van der Waals surface area contributed by atoms with Crippen LogP contribution in [0.15, 0.2) is 72.0 Å². The molecular formula is C25H31NO. The third-order valence-corrected chi connectivity index (χ3v) is 5.02. The Bertz CT molecular complexity index is 746. The highest BCUT2D eigenvalue weighted by Gasteiger charge is 2.18. The molecule has 1 atom stereocenters. The van der Waals surface area contributed by atoms with Gasteiger partial charge in [0.25, 0.3) is 0 Å². The van der Waals surface area contributed by atoms with Gasteiger partial charge in [-0.3, -0.25) is 0 Å². The highest BCUT2D eigenvalue weighted by atomic mass is 16.5. The average molecular weight is 362 g/mol. The largest absolute Gasteiger partial charge is 0.493 e. The minimum absolute atomic E-state index is 0.478. The Morgan fingerprint density at radius 2 is 2.00 bits per heavy atom. The summed E-state index contributed by atoms with van der Waals surface area (Å²) in [7, 11) is 0. The summed E-state index contributed by atoms with van der Waals surface area (Å²) in [5.41, 5.74) is 3.55. The van der Waals surface area contributed by atoms with Crippen LogP contribution in [0, 0.1) is 17.2 Å². The maximum absolute atomic E-state index is 9.92. The molecule has 0 aromatic heterocycles. The van der Waals surface area contributed by atoms with Crippen molar-refractivity contribution >= 4 is 5.57 Å². The van der Waals surface area contributed by atoms with Gasteiger partial charge >= 0.3 is 0 Å². The minimum Gasteiger partial charge on any atom is -0.493 e. The first-order valence-corrected chi connectivity index (χ1v) is 10.1. The zero-order chi connectivity index (χ0) is 19.5. The number of nitriles is 1. The van der Waals surface area contributed by atoms with Gasteiger partial charge in [0.1, 0.15) is 17.4 Å². The second-order valence-electron chi connectivity index (χ2n) is 7.02. The van der Waals surface area contributed by atoms with Crippen molar-refractivity contribution < 1.29 is 4.74 Å². The Kier molecular flexibility index (Phi) is 8.65. The van der Waals surface area contributed by atoms with Crippen molar-refractivity contribution in [3.05, 3.63) is 77.6 Å². The average Bonchev–Trinajstić information content (AvgIpc) is 2.73. The maximum atomic E-state index is 9.92. The molecule has 1 aromatic rings. The van der Waals surface area contributed by atoms with Gasteiger partial charge in [0.15, 0.2) is 0 Å². The van der Waals surface area contributed by atoms with Crippen molar-refractivity contribution in [1.82, 2.24) is 0 Å². The van der Waals surface area contributed by atoms with E-state index in [1.807, 2.05) is 30.3 Å². The van der Waals surface area contributed by atoms with E-state index in [0.29, 0.717) is 23.9 Å². The van der Waals surface area contributed by atoms with Gasteiger partial charge < -0.3 is 4.74 Å². The smallest absolute Gasteiger partial charge is 0.130 e. The van der Waals surface area contributed by atoms with Gasteiger partial charge in [-0.1, -0.05) is 88.2 Å². The third kappa shape index (κ3) is 6.00. The van der Waals surface area contributed by atoms with E-state index in [-0.39, 0.29) is 0 Å². The van der Waals surface area contributed by atoms with Crippen LogP contribution in [0.5, 0.6) is 0 Å². The normalized spacial score (nSPS) is 15.4. The summed E-state index contributed by atoms with van der Waals surface area (Å²) in [4.78, 5) is 0. The van der Waals surface area contributed by atoms with Crippen LogP contribution in [0.1, 0.15) is 57.9 Å². The monoisotopic (exact) mass is 361 g/mol. The van der Waals surface area contributed by atoms with E-state index >= 15 is 0 Å². The first-order valence-electron chi connectivity index (χ1n) is 10.1. The summed E-state index contributed by atoms with van der Waals surface area (Å²) in [6.07, 6.45) is 13.1. The molecule has 0 heterocycles. The number of hydrogen-bond acceptors (Lipinski definition) is 2. The second kappa shape index (κ2) is 11.2. The van der Waals surface area contributed by atoms with Crippen LogP contribution in [0.3, 0.4) is 0 Å². The van der Waals surface area contributed by atoms with E-state index < -0.39 is 0 Å². The molecule has 1 aliphatic rings. The molecule has 0 amide bonds. The van der Waals surface area contributed by atoms with Gasteiger partial charge in [0.2, 0.25) is 0 Å². The van der Waals surface area contributed by atoms with Gasteiger partial charge in [0.05, 0.1) is 6.61 Å². The maximum Gasteiger partial charge on any atom is 0.130 e. The molecule has 0 radical (unpaired) electrons. The predicted octanol–water partition coefficient (Wildman–Crippen LogP) is 6.99. The molecule has 27 heavy (non-hydrogen) atoms. The Labute approximate surface area is 164 Å².